The Labute approximate surface area is 242 Å². The number of fused-ring (bicyclic) bond motifs is 1. The Morgan fingerprint density at radius 2 is 1.54 bits per heavy atom. The molecule has 3 aliphatic rings. The first kappa shape index (κ1) is 30.8. The fourth-order valence-corrected chi connectivity index (χ4v) is 6.03. The second-order valence-corrected chi connectivity index (χ2v) is 11.3. The number of piperidine rings is 1. The minimum absolute atomic E-state index is 0.00402. The molecule has 2 heterocycles. The number of hydrogen-bond acceptors (Lipinski definition) is 4. The Bertz CT molecular complexity index is 1210. The molecule has 1 aliphatic carbocycles. The van der Waals surface area contributed by atoms with E-state index in [1.54, 1.807) is 29.2 Å². The Morgan fingerprint density at radius 3 is 2.15 bits per heavy atom. The van der Waals surface area contributed by atoms with Gasteiger partial charge in [-0.1, -0.05) is 42.6 Å². The number of nitrogens with zero attached hydrogens (tertiary/aromatic N) is 3. The Hall–Kier alpha value is -3.11. The Balaban J connectivity index is 0.000000493. The first-order chi connectivity index (χ1) is 19.5. The van der Waals surface area contributed by atoms with E-state index < -0.39 is 12.1 Å². The second-order valence-electron chi connectivity index (χ2n) is 10.9. The van der Waals surface area contributed by atoms with Crippen molar-refractivity contribution < 1.29 is 32.7 Å². The van der Waals surface area contributed by atoms with Crippen LogP contribution in [-0.2, 0) is 16.1 Å². The van der Waals surface area contributed by atoms with Crippen LogP contribution in [0, 0.1) is 5.92 Å². The standard InChI is InChI=1S/C28H34ClN3O2.C2HF3O2/c29-24-11-9-22(10-12-24)28(34)31-19-23-5-1-4-8-26(23)32(27(33)20-31)18-15-21-13-16-30(17-14-21)25-6-2-3-7-25;3-2(4,5)1(6)7/h1,4-5,8-12,21,25H,2-3,6-7,13-20H2;(H,6,7). The molecule has 2 fully saturated rings. The zero-order valence-electron chi connectivity index (χ0n) is 22.8. The molecular formula is C30H35ClF3N3O4. The van der Waals surface area contributed by atoms with E-state index in [1.807, 2.05) is 29.2 Å². The number of carboxylic acids is 1. The van der Waals surface area contributed by atoms with Gasteiger partial charge in [0, 0.05) is 35.4 Å². The van der Waals surface area contributed by atoms with Gasteiger partial charge in [0.1, 0.15) is 6.54 Å². The summed E-state index contributed by atoms with van der Waals surface area (Å²) in [6, 6.07) is 15.7. The number of likely N-dealkylation sites (tertiary alicyclic amines) is 1. The Kier molecular flexibility index (Phi) is 10.3. The number of para-hydroxylation sites is 1. The molecule has 1 saturated carbocycles. The first-order valence-electron chi connectivity index (χ1n) is 14.0. The minimum Gasteiger partial charge on any atom is -0.475 e. The van der Waals surface area contributed by atoms with Gasteiger partial charge in [-0.3, -0.25) is 9.59 Å². The van der Waals surface area contributed by atoms with Crippen LogP contribution in [0.1, 0.15) is 60.9 Å². The number of amides is 2. The number of hydrogen-bond donors (Lipinski definition) is 1. The summed E-state index contributed by atoms with van der Waals surface area (Å²) in [5.74, 6) is -2.24. The molecule has 2 aromatic carbocycles. The van der Waals surface area contributed by atoms with Gasteiger partial charge < -0.3 is 19.8 Å². The van der Waals surface area contributed by atoms with Crippen LogP contribution in [0.3, 0.4) is 0 Å². The fourth-order valence-electron chi connectivity index (χ4n) is 5.90. The van der Waals surface area contributed by atoms with Crippen molar-refractivity contribution in [1.82, 2.24) is 9.80 Å². The van der Waals surface area contributed by atoms with Crippen LogP contribution in [0.4, 0.5) is 18.9 Å². The van der Waals surface area contributed by atoms with Gasteiger partial charge in [0.25, 0.3) is 5.91 Å². The van der Waals surface area contributed by atoms with Crippen molar-refractivity contribution in [2.45, 2.75) is 63.7 Å². The zero-order valence-corrected chi connectivity index (χ0v) is 23.5. The SMILES string of the molecule is O=C(O)C(F)(F)F.O=C(c1ccc(Cl)cc1)N1CC(=O)N(CCC2CCN(C3CCCC3)CC2)c2ccccc2C1. The molecule has 7 nitrogen and oxygen atoms in total. The predicted molar refractivity (Wildman–Crippen MR) is 150 cm³/mol. The van der Waals surface area contributed by atoms with Gasteiger partial charge in [-0.25, -0.2) is 4.79 Å². The normalized spacial score (nSPS) is 18.9. The second kappa shape index (κ2) is 13.7. The highest BCUT2D eigenvalue weighted by atomic mass is 35.5. The smallest absolute Gasteiger partial charge is 0.475 e. The van der Waals surface area contributed by atoms with Crippen LogP contribution >= 0.6 is 11.6 Å². The number of halogens is 4. The van der Waals surface area contributed by atoms with Crippen LogP contribution in [0.5, 0.6) is 0 Å². The van der Waals surface area contributed by atoms with Crippen molar-refractivity contribution >= 4 is 35.1 Å². The summed E-state index contributed by atoms with van der Waals surface area (Å²) >= 11 is 5.99. The molecule has 0 radical (unpaired) electrons. The molecule has 0 spiro atoms. The quantitative estimate of drug-likeness (QED) is 0.459. The molecule has 1 saturated heterocycles. The van der Waals surface area contributed by atoms with E-state index in [9.17, 15) is 22.8 Å². The summed E-state index contributed by atoms with van der Waals surface area (Å²) in [5.41, 5.74) is 2.52. The summed E-state index contributed by atoms with van der Waals surface area (Å²) in [5, 5.41) is 7.72. The third-order valence-corrected chi connectivity index (χ3v) is 8.39. The van der Waals surface area contributed by atoms with E-state index in [0.29, 0.717) is 29.6 Å². The Morgan fingerprint density at radius 1 is 0.927 bits per heavy atom. The average molecular weight is 594 g/mol. The van der Waals surface area contributed by atoms with E-state index in [2.05, 4.69) is 4.90 Å². The van der Waals surface area contributed by atoms with Crippen molar-refractivity contribution in [3.63, 3.8) is 0 Å². The van der Waals surface area contributed by atoms with Crippen LogP contribution in [0.15, 0.2) is 48.5 Å². The fraction of sp³-hybridized carbons (Fsp3) is 0.500. The molecular weight excluding hydrogens is 559 g/mol. The maximum atomic E-state index is 13.4. The summed E-state index contributed by atoms with van der Waals surface area (Å²) < 4.78 is 31.7. The average Bonchev–Trinajstić information content (AvgIpc) is 3.44. The highest BCUT2D eigenvalue weighted by Crippen LogP contribution is 2.31. The van der Waals surface area contributed by atoms with Crippen molar-refractivity contribution in [3.8, 4) is 0 Å². The molecule has 0 aromatic heterocycles. The zero-order chi connectivity index (χ0) is 29.6. The lowest BCUT2D eigenvalue weighted by Gasteiger charge is -2.36. The third kappa shape index (κ3) is 8.23. The molecule has 5 rings (SSSR count). The lowest BCUT2D eigenvalue weighted by atomic mass is 9.92. The molecule has 0 bridgehead atoms. The minimum atomic E-state index is -5.08. The number of carbonyl (C=O) groups is 3. The lowest BCUT2D eigenvalue weighted by molar-refractivity contribution is -0.192. The van der Waals surface area contributed by atoms with E-state index in [0.717, 1.165) is 23.7 Å². The van der Waals surface area contributed by atoms with E-state index in [4.69, 9.17) is 21.5 Å². The van der Waals surface area contributed by atoms with Gasteiger partial charge in [0.15, 0.2) is 0 Å². The molecule has 0 atom stereocenters. The van der Waals surface area contributed by atoms with Gasteiger partial charge in [0.05, 0.1) is 0 Å². The number of aliphatic carboxylic acids is 1. The van der Waals surface area contributed by atoms with Crippen LogP contribution in [0.2, 0.25) is 5.02 Å². The molecule has 1 N–H and O–H groups in total. The number of carbonyl (C=O) groups excluding carboxylic acids is 2. The molecule has 2 aromatic rings. The topological polar surface area (TPSA) is 81.2 Å². The van der Waals surface area contributed by atoms with Crippen LogP contribution in [0.25, 0.3) is 0 Å². The van der Waals surface area contributed by atoms with Crippen LogP contribution < -0.4 is 4.90 Å². The van der Waals surface area contributed by atoms with Crippen LogP contribution in [-0.4, -0.2) is 71.1 Å². The first-order valence-corrected chi connectivity index (χ1v) is 14.4. The van der Waals surface area contributed by atoms with Crippen molar-refractivity contribution in [1.29, 1.82) is 0 Å². The molecule has 11 heteroatoms. The molecule has 222 valence electrons. The molecule has 41 heavy (non-hydrogen) atoms. The molecule has 0 unspecified atom stereocenters. The summed E-state index contributed by atoms with van der Waals surface area (Å²) in [7, 11) is 0. The van der Waals surface area contributed by atoms with Gasteiger partial charge in [-0.15, -0.1) is 0 Å². The summed E-state index contributed by atoms with van der Waals surface area (Å²) in [4.78, 5) is 41.7. The van der Waals surface area contributed by atoms with Gasteiger partial charge in [0.2, 0.25) is 5.91 Å². The van der Waals surface area contributed by atoms with Crippen molar-refractivity contribution in [3.05, 3.63) is 64.7 Å². The highest BCUT2D eigenvalue weighted by Gasteiger charge is 2.38. The number of rotatable bonds is 5. The van der Waals surface area contributed by atoms with Crippen molar-refractivity contribution in [2.75, 3.05) is 31.1 Å². The lowest BCUT2D eigenvalue weighted by Crippen LogP contribution is -2.42. The van der Waals surface area contributed by atoms with Gasteiger partial charge in [-0.05, 0) is 87.0 Å². The number of carboxylic acid groups (broad SMARTS) is 1. The van der Waals surface area contributed by atoms with Gasteiger partial charge in [-0.2, -0.15) is 13.2 Å². The number of benzene rings is 2. The van der Waals surface area contributed by atoms with Crippen molar-refractivity contribution in [2.24, 2.45) is 5.92 Å². The summed E-state index contributed by atoms with van der Waals surface area (Å²) in [6.07, 6.45) is 3.90. The number of anilines is 1. The molecule has 2 aliphatic heterocycles. The molecule has 2 amide bonds. The van der Waals surface area contributed by atoms with Gasteiger partial charge >= 0.3 is 12.1 Å². The van der Waals surface area contributed by atoms with E-state index in [-0.39, 0.29) is 18.4 Å². The third-order valence-electron chi connectivity index (χ3n) is 8.14. The van der Waals surface area contributed by atoms with E-state index in [1.165, 1.54) is 51.6 Å². The number of alkyl halides is 3. The predicted octanol–water partition coefficient (Wildman–Crippen LogP) is 6.01. The summed E-state index contributed by atoms with van der Waals surface area (Å²) in [6.45, 7) is 3.63. The highest BCUT2D eigenvalue weighted by molar-refractivity contribution is 6.30. The monoisotopic (exact) mass is 593 g/mol. The van der Waals surface area contributed by atoms with E-state index >= 15 is 0 Å². The maximum Gasteiger partial charge on any atom is 0.490 e. The largest absolute Gasteiger partial charge is 0.490 e. The maximum absolute atomic E-state index is 13.4.